The number of rotatable bonds is 2. The Morgan fingerprint density at radius 3 is 2.79 bits per heavy atom. The van der Waals surface area contributed by atoms with Gasteiger partial charge in [0.15, 0.2) is 5.82 Å². The highest BCUT2D eigenvalue weighted by atomic mass is 19.1. The van der Waals surface area contributed by atoms with Crippen LogP contribution in [-0.4, -0.2) is 11.9 Å². The molecule has 1 saturated heterocycles. The van der Waals surface area contributed by atoms with Gasteiger partial charge in [0.1, 0.15) is 0 Å². The molecule has 19 heavy (non-hydrogen) atoms. The summed E-state index contributed by atoms with van der Waals surface area (Å²) in [4.78, 5) is 13.6. The van der Waals surface area contributed by atoms with Gasteiger partial charge >= 0.3 is 0 Å². The van der Waals surface area contributed by atoms with E-state index in [-0.39, 0.29) is 17.9 Å². The predicted molar refractivity (Wildman–Crippen MR) is 71.2 cm³/mol. The van der Waals surface area contributed by atoms with E-state index in [4.69, 9.17) is 5.26 Å². The molecule has 0 radical (unpaired) electrons. The van der Waals surface area contributed by atoms with Gasteiger partial charge in [0, 0.05) is 18.0 Å². The van der Waals surface area contributed by atoms with Crippen LogP contribution in [0.25, 0.3) is 0 Å². The summed E-state index contributed by atoms with van der Waals surface area (Å²) in [6.07, 6.45) is 1.25. The summed E-state index contributed by atoms with van der Waals surface area (Å²) in [7, 11) is 0. The van der Waals surface area contributed by atoms with Gasteiger partial charge in [-0.25, -0.2) is 4.39 Å². The first kappa shape index (κ1) is 13.5. The smallest absolute Gasteiger partial charge is 0.227 e. The third-order valence-electron chi connectivity index (χ3n) is 3.92. The van der Waals surface area contributed by atoms with Crippen molar-refractivity contribution in [3.63, 3.8) is 0 Å². The van der Waals surface area contributed by atoms with Crippen molar-refractivity contribution in [3.8, 4) is 6.07 Å². The number of anilines is 1. The van der Waals surface area contributed by atoms with E-state index >= 15 is 0 Å². The average Bonchev–Trinajstić information content (AvgIpc) is 2.67. The molecule has 0 N–H and O–H groups in total. The van der Waals surface area contributed by atoms with Crippen LogP contribution in [0.1, 0.15) is 37.8 Å². The molecule has 1 aromatic carbocycles. The zero-order chi connectivity index (χ0) is 14.2. The van der Waals surface area contributed by atoms with Crippen molar-refractivity contribution < 1.29 is 9.18 Å². The summed E-state index contributed by atoms with van der Waals surface area (Å²) in [5.41, 5.74) is 0.925. The molecule has 0 bridgehead atoms. The highest BCUT2D eigenvalue weighted by molar-refractivity contribution is 5.96. The van der Waals surface area contributed by atoms with Crippen molar-refractivity contribution in [1.82, 2.24) is 0 Å². The van der Waals surface area contributed by atoms with Crippen LogP contribution >= 0.6 is 0 Å². The van der Waals surface area contributed by atoms with Gasteiger partial charge in [-0.05, 0) is 31.4 Å². The van der Waals surface area contributed by atoms with E-state index in [0.717, 1.165) is 6.42 Å². The maximum absolute atomic E-state index is 14.4. The summed E-state index contributed by atoms with van der Waals surface area (Å²) in [5, 5.41) is 8.89. The first-order chi connectivity index (χ1) is 9.01. The fourth-order valence-electron chi connectivity index (χ4n) is 2.83. The van der Waals surface area contributed by atoms with Crippen LogP contribution in [0.5, 0.6) is 0 Å². The fraction of sp³-hybridized carbons (Fsp3) is 0.467. The van der Waals surface area contributed by atoms with E-state index in [1.165, 1.54) is 0 Å². The van der Waals surface area contributed by atoms with Crippen LogP contribution in [-0.2, 0) is 4.79 Å². The molecule has 1 fully saturated rings. The number of carbonyl (C=O) groups excluding carboxylic acids is 1. The standard InChI is InChI=1S/C15H17FN2O/c1-4-12-9(2)7-14(19)18(12)13-6-5-11(8-17)10(3)15(13)16/h5-6,9,12H,4,7H2,1-3H3/t9-,12-/m0/s1. The van der Waals surface area contributed by atoms with Gasteiger partial charge in [-0.1, -0.05) is 13.8 Å². The molecule has 2 atom stereocenters. The lowest BCUT2D eigenvalue weighted by Gasteiger charge is -2.27. The molecule has 1 aliphatic rings. The number of nitrogens with zero attached hydrogens (tertiary/aromatic N) is 2. The molecular formula is C15H17FN2O. The van der Waals surface area contributed by atoms with E-state index in [2.05, 4.69) is 0 Å². The minimum atomic E-state index is -0.458. The van der Waals surface area contributed by atoms with E-state index < -0.39 is 5.82 Å². The molecule has 3 nitrogen and oxygen atoms in total. The van der Waals surface area contributed by atoms with Gasteiger partial charge in [-0.3, -0.25) is 4.79 Å². The van der Waals surface area contributed by atoms with Crippen LogP contribution < -0.4 is 4.90 Å². The number of nitriles is 1. The van der Waals surface area contributed by atoms with Crippen molar-refractivity contribution in [3.05, 3.63) is 29.1 Å². The van der Waals surface area contributed by atoms with Gasteiger partial charge < -0.3 is 4.90 Å². The quantitative estimate of drug-likeness (QED) is 0.819. The molecule has 4 heteroatoms. The summed E-state index contributed by atoms with van der Waals surface area (Å²) in [6.45, 7) is 5.59. The summed E-state index contributed by atoms with van der Waals surface area (Å²) < 4.78 is 14.4. The highest BCUT2D eigenvalue weighted by Gasteiger charge is 2.38. The molecule has 0 saturated carbocycles. The second-order valence-electron chi connectivity index (χ2n) is 5.10. The molecule has 0 aliphatic carbocycles. The first-order valence-electron chi connectivity index (χ1n) is 6.52. The Bertz CT molecular complexity index is 562. The zero-order valence-electron chi connectivity index (χ0n) is 11.4. The molecule has 1 amide bonds. The van der Waals surface area contributed by atoms with E-state index in [9.17, 15) is 9.18 Å². The van der Waals surface area contributed by atoms with Crippen molar-refractivity contribution in [2.45, 2.75) is 39.7 Å². The predicted octanol–water partition coefficient (Wildman–Crippen LogP) is 3.16. The van der Waals surface area contributed by atoms with Crippen LogP contribution in [0.3, 0.4) is 0 Å². The summed E-state index contributed by atoms with van der Waals surface area (Å²) >= 11 is 0. The number of amides is 1. The minimum Gasteiger partial charge on any atom is -0.306 e. The van der Waals surface area contributed by atoms with Crippen LogP contribution in [0.15, 0.2) is 12.1 Å². The number of hydrogen-bond donors (Lipinski definition) is 0. The Hall–Kier alpha value is -1.89. The molecule has 0 unspecified atom stereocenters. The van der Waals surface area contributed by atoms with Gasteiger partial charge in [-0.15, -0.1) is 0 Å². The average molecular weight is 260 g/mol. The van der Waals surface area contributed by atoms with Crippen molar-refractivity contribution in [1.29, 1.82) is 5.26 Å². The van der Waals surface area contributed by atoms with Gasteiger partial charge in [-0.2, -0.15) is 5.26 Å². The molecular weight excluding hydrogens is 243 g/mol. The zero-order valence-corrected chi connectivity index (χ0v) is 11.4. The minimum absolute atomic E-state index is 0.0364. The Morgan fingerprint density at radius 1 is 1.53 bits per heavy atom. The third-order valence-corrected chi connectivity index (χ3v) is 3.92. The van der Waals surface area contributed by atoms with E-state index in [1.54, 1.807) is 24.0 Å². The summed E-state index contributed by atoms with van der Waals surface area (Å²) in [6, 6.07) is 5.11. The van der Waals surface area contributed by atoms with Crippen molar-refractivity contribution in [2.75, 3.05) is 4.90 Å². The molecule has 2 rings (SSSR count). The molecule has 0 spiro atoms. The second kappa shape index (κ2) is 5.00. The summed E-state index contributed by atoms with van der Waals surface area (Å²) in [5.74, 6) is -0.268. The number of halogens is 1. The van der Waals surface area contributed by atoms with Gasteiger partial charge in [0.2, 0.25) is 5.91 Å². The molecule has 1 heterocycles. The SMILES string of the molecule is CC[C@H]1[C@@H](C)CC(=O)N1c1ccc(C#N)c(C)c1F. The van der Waals surface area contributed by atoms with Crippen molar-refractivity contribution >= 4 is 11.6 Å². The Kier molecular flexibility index (Phi) is 3.57. The van der Waals surface area contributed by atoms with Crippen LogP contribution in [0.4, 0.5) is 10.1 Å². The molecule has 1 aliphatic heterocycles. The van der Waals surface area contributed by atoms with Gasteiger partial charge in [0.05, 0.1) is 17.3 Å². The molecule has 0 aromatic heterocycles. The Morgan fingerprint density at radius 2 is 2.21 bits per heavy atom. The first-order valence-corrected chi connectivity index (χ1v) is 6.52. The van der Waals surface area contributed by atoms with E-state index in [1.807, 2.05) is 19.9 Å². The van der Waals surface area contributed by atoms with Crippen LogP contribution in [0.2, 0.25) is 0 Å². The number of hydrogen-bond acceptors (Lipinski definition) is 2. The largest absolute Gasteiger partial charge is 0.306 e. The number of carbonyl (C=O) groups is 1. The monoisotopic (exact) mass is 260 g/mol. The number of benzene rings is 1. The molecule has 100 valence electrons. The fourth-order valence-corrected chi connectivity index (χ4v) is 2.83. The Labute approximate surface area is 112 Å². The lowest BCUT2D eigenvalue weighted by molar-refractivity contribution is -0.117. The van der Waals surface area contributed by atoms with E-state index in [0.29, 0.717) is 23.2 Å². The Balaban J connectivity index is 2.50. The lowest BCUT2D eigenvalue weighted by atomic mass is 10.00. The third kappa shape index (κ3) is 2.10. The van der Waals surface area contributed by atoms with Gasteiger partial charge in [0.25, 0.3) is 0 Å². The lowest BCUT2D eigenvalue weighted by Crippen LogP contribution is -2.35. The topological polar surface area (TPSA) is 44.1 Å². The maximum atomic E-state index is 14.4. The normalized spacial score (nSPS) is 22.7. The highest BCUT2D eigenvalue weighted by Crippen LogP contribution is 2.35. The van der Waals surface area contributed by atoms with Crippen molar-refractivity contribution in [2.24, 2.45) is 5.92 Å². The maximum Gasteiger partial charge on any atom is 0.227 e. The molecule has 1 aromatic rings. The second-order valence-corrected chi connectivity index (χ2v) is 5.10. The van der Waals surface area contributed by atoms with Crippen LogP contribution in [0, 0.1) is 30.0 Å².